The predicted octanol–water partition coefficient (Wildman–Crippen LogP) is 1.82. The average molecular weight is 215 g/mol. The van der Waals surface area contributed by atoms with Crippen molar-refractivity contribution in [1.82, 2.24) is 5.32 Å². The second-order valence-electron chi connectivity index (χ2n) is 4.57. The molecule has 0 saturated heterocycles. The lowest BCUT2D eigenvalue weighted by molar-refractivity contribution is 0.648. The zero-order valence-electron chi connectivity index (χ0n) is 8.84. The quantitative estimate of drug-likeness (QED) is 0.685. The van der Waals surface area contributed by atoms with E-state index in [2.05, 4.69) is 5.32 Å². The van der Waals surface area contributed by atoms with Gasteiger partial charge in [-0.25, -0.2) is 0 Å². The van der Waals surface area contributed by atoms with E-state index in [1.807, 2.05) is 0 Å². The fourth-order valence-electron chi connectivity index (χ4n) is 2.13. The minimum atomic E-state index is -0.530. The Balaban J connectivity index is 1.52. The molecule has 14 heavy (non-hydrogen) atoms. The average Bonchev–Trinajstić information content (AvgIpc) is 2.84. The van der Waals surface area contributed by atoms with Crippen LogP contribution in [0.5, 0.6) is 0 Å². The normalized spacial score (nSPS) is 25.4. The van der Waals surface area contributed by atoms with Crippen LogP contribution in [-0.2, 0) is 10.8 Å². The van der Waals surface area contributed by atoms with Gasteiger partial charge in [0.1, 0.15) is 0 Å². The van der Waals surface area contributed by atoms with Gasteiger partial charge in [-0.3, -0.25) is 4.21 Å². The first-order chi connectivity index (χ1) is 6.86. The molecule has 0 bridgehead atoms. The lowest BCUT2D eigenvalue weighted by Crippen LogP contribution is -2.21. The second kappa shape index (κ2) is 5.26. The zero-order valence-corrected chi connectivity index (χ0v) is 9.65. The molecule has 1 N–H and O–H groups in total. The first-order valence-corrected chi connectivity index (χ1v) is 7.35. The Bertz CT molecular complexity index is 197. The highest BCUT2D eigenvalue weighted by Crippen LogP contribution is 2.23. The van der Waals surface area contributed by atoms with E-state index in [4.69, 9.17) is 0 Å². The molecule has 0 aliphatic heterocycles. The lowest BCUT2D eigenvalue weighted by atomic mass is 10.4. The molecule has 3 heteroatoms. The molecule has 2 fully saturated rings. The molecule has 2 nitrogen and oxygen atoms in total. The van der Waals surface area contributed by atoms with E-state index in [0.717, 1.165) is 24.8 Å². The maximum Gasteiger partial charge on any atom is 0.0348 e. The summed E-state index contributed by atoms with van der Waals surface area (Å²) in [6, 6.07) is 0.801. The van der Waals surface area contributed by atoms with Crippen molar-refractivity contribution in [3.63, 3.8) is 0 Å². The van der Waals surface area contributed by atoms with E-state index in [1.54, 1.807) is 0 Å². The largest absolute Gasteiger partial charge is 0.314 e. The predicted molar refractivity (Wildman–Crippen MR) is 60.9 cm³/mol. The Kier molecular flexibility index (Phi) is 3.99. The molecule has 1 atom stereocenters. The van der Waals surface area contributed by atoms with Crippen LogP contribution in [0.3, 0.4) is 0 Å². The Morgan fingerprint density at radius 3 is 2.50 bits per heavy atom. The van der Waals surface area contributed by atoms with Gasteiger partial charge in [0, 0.05) is 27.8 Å². The lowest BCUT2D eigenvalue weighted by Gasteiger charge is -2.08. The third-order valence-corrected chi connectivity index (χ3v) is 5.11. The summed E-state index contributed by atoms with van der Waals surface area (Å²) in [5, 5.41) is 4.01. The number of nitrogens with one attached hydrogen (secondary N) is 1. The maximum atomic E-state index is 11.8. The highest BCUT2D eigenvalue weighted by atomic mass is 32.2. The van der Waals surface area contributed by atoms with E-state index < -0.39 is 10.8 Å². The molecule has 0 radical (unpaired) electrons. The van der Waals surface area contributed by atoms with Crippen LogP contribution in [-0.4, -0.2) is 27.8 Å². The zero-order chi connectivity index (χ0) is 9.80. The fraction of sp³-hybridized carbons (Fsp3) is 1.00. The fourth-order valence-corrected chi connectivity index (χ4v) is 3.75. The van der Waals surface area contributed by atoms with E-state index >= 15 is 0 Å². The van der Waals surface area contributed by atoms with Gasteiger partial charge in [-0.1, -0.05) is 12.8 Å². The number of hydrogen-bond acceptors (Lipinski definition) is 2. The van der Waals surface area contributed by atoms with Gasteiger partial charge in [0.2, 0.25) is 0 Å². The molecule has 0 aromatic carbocycles. The standard InChI is InChI=1S/C11H21NOS/c13-14(11-4-1-2-5-11)9-3-8-12-10-6-7-10/h10-12H,1-9H2. The van der Waals surface area contributed by atoms with Crippen LogP contribution in [0.2, 0.25) is 0 Å². The molecule has 0 amide bonds. The van der Waals surface area contributed by atoms with Crippen molar-refractivity contribution in [2.45, 2.75) is 56.2 Å². The van der Waals surface area contributed by atoms with Gasteiger partial charge in [0.05, 0.1) is 0 Å². The monoisotopic (exact) mass is 215 g/mol. The molecule has 0 aromatic heterocycles. The first kappa shape index (κ1) is 10.6. The second-order valence-corrected chi connectivity index (χ2v) is 6.41. The van der Waals surface area contributed by atoms with Crippen molar-refractivity contribution in [1.29, 1.82) is 0 Å². The van der Waals surface area contributed by atoms with Crippen LogP contribution < -0.4 is 5.32 Å². The van der Waals surface area contributed by atoms with Crippen molar-refractivity contribution in [2.75, 3.05) is 12.3 Å². The van der Waals surface area contributed by atoms with Crippen LogP contribution in [0.4, 0.5) is 0 Å². The topological polar surface area (TPSA) is 29.1 Å². The Morgan fingerprint density at radius 1 is 1.14 bits per heavy atom. The molecular formula is C11H21NOS. The summed E-state index contributed by atoms with van der Waals surface area (Å²) in [5.41, 5.74) is 0. The summed E-state index contributed by atoms with van der Waals surface area (Å²) in [6.45, 7) is 1.07. The Labute approximate surface area is 89.3 Å². The van der Waals surface area contributed by atoms with Gasteiger partial charge < -0.3 is 5.32 Å². The molecule has 2 saturated carbocycles. The third-order valence-electron chi connectivity index (χ3n) is 3.21. The minimum absolute atomic E-state index is 0.530. The van der Waals surface area contributed by atoms with Gasteiger partial charge in [-0.05, 0) is 38.6 Å². The van der Waals surface area contributed by atoms with E-state index in [9.17, 15) is 4.21 Å². The summed E-state index contributed by atoms with van der Waals surface area (Å²) in [7, 11) is -0.530. The molecule has 0 spiro atoms. The molecular weight excluding hydrogens is 194 g/mol. The minimum Gasteiger partial charge on any atom is -0.314 e. The maximum absolute atomic E-state index is 11.8. The molecule has 1 unspecified atom stereocenters. The van der Waals surface area contributed by atoms with Crippen LogP contribution in [0, 0.1) is 0 Å². The van der Waals surface area contributed by atoms with Crippen LogP contribution >= 0.6 is 0 Å². The van der Waals surface area contributed by atoms with Gasteiger partial charge in [0.15, 0.2) is 0 Å². The van der Waals surface area contributed by atoms with E-state index in [1.165, 1.54) is 38.5 Å². The van der Waals surface area contributed by atoms with Gasteiger partial charge in [0.25, 0.3) is 0 Å². The van der Waals surface area contributed by atoms with Crippen molar-refractivity contribution in [3.8, 4) is 0 Å². The van der Waals surface area contributed by atoms with Crippen molar-refractivity contribution < 1.29 is 4.21 Å². The van der Waals surface area contributed by atoms with Crippen molar-refractivity contribution >= 4 is 10.8 Å². The number of rotatable bonds is 6. The highest BCUT2D eigenvalue weighted by molar-refractivity contribution is 7.85. The van der Waals surface area contributed by atoms with E-state index in [0.29, 0.717) is 5.25 Å². The van der Waals surface area contributed by atoms with Gasteiger partial charge in [-0.15, -0.1) is 0 Å². The summed E-state index contributed by atoms with van der Waals surface area (Å²) in [4.78, 5) is 0. The summed E-state index contributed by atoms with van der Waals surface area (Å²) in [5.74, 6) is 0.921. The highest BCUT2D eigenvalue weighted by Gasteiger charge is 2.22. The molecule has 2 aliphatic carbocycles. The van der Waals surface area contributed by atoms with Crippen LogP contribution in [0.25, 0.3) is 0 Å². The summed E-state index contributed by atoms with van der Waals surface area (Å²) >= 11 is 0. The van der Waals surface area contributed by atoms with Gasteiger partial charge >= 0.3 is 0 Å². The molecule has 82 valence electrons. The van der Waals surface area contributed by atoms with Crippen molar-refractivity contribution in [2.24, 2.45) is 0 Å². The summed E-state index contributed by atoms with van der Waals surface area (Å²) in [6.07, 6.45) is 8.83. The first-order valence-electron chi connectivity index (χ1n) is 5.97. The Hall–Kier alpha value is 0.110. The molecule has 0 aromatic rings. The van der Waals surface area contributed by atoms with Crippen molar-refractivity contribution in [3.05, 3.63) is 0 Å². The smallest absolute Gasteiger partial charge is 0.0348 e. The third kappa shape index (κ3) is 3.35. The Morgan fingerprint density at radius 2 is 1.86 bits per heavy atom. The summed E-state index contributed by atoms with van der Waals surface area (Å²) < 4.78 is 11.8. The van der Waals surface area contributed by atoms with E-state index in [-0.39, 0.29) is 0 Å². The SMILES string of the molecule is O=S(CCCNC1CC1)C1CCCC1. The van der Waals surface area contributed by atoms with Crippen LogP contribution in [0.15, 0.2) is 0 Å². The van der Waals surface area contributed by atoms with Gasteiger partial charge in [-0.2, -0.15) is 0 Å². The molecule has 2 rings (SSSR count). The van der Waals surface area contributed by atoms with Crippen LogP contribution in [0.1, 0.15) is 44.9 Å². The molecule has 0 heterocycles. The molecule has 2 aliphatic rings. The number of hydrogen-bond donors (Lipinski definition) is 1.